The number of aliphatic hydroxyl groups is 4. The van der Waals surface area contributed by atoms with Crippen molar-refractivity contribution in [3.8, 4) is 49.4 Å². The summed E-state index contributed by atoms with van der Waals surface area (Å²) in [7, 11) is 0. The molecular weight excluding hydrogens is 1330 g/mol. The molecule has 0 unspecified atom stereocenters. The molecule has 34 heteroatoms. The normalized spacial score (nSPS) is 36.8. The molecule has 4 aliphatic heterocycles. The van der Waals surface area contributed by atoms with Crippen molar-refractivity contribution in [1.82, 2.24) is 38.2 Å². The summed E-state index contributed by atoms with van der Waals surface area (Å²) in [5, 5.41) is 37.2. The Kier molecular flexibility index (Phi) is 19.0. The van der Waals surface area contributed by atoms with Crippen LogP contribution in [0.25, 0.3) is 0 Å². The lowest BCUT2D eigenvalue weighted by Gasteiger charge is -2.24. The highest BCUT2D eigenvalue weighted by Gasteiger charge is 2.68. The van der Waals surface area contributed by atoms with Crippen LogP contribution in [0, 0.1) is 61.2 Å². The molecule has 8 rings (SSSR count). The maximum atomic E-state index is 14.9. The molecule has 8 N–H and O–H groups in total. The van der Waals surface area contributed by atoms with Gasteiger partial charge in [-0.1, -0.05) is 82.7 Å². The predicted octanol–water partition coefficient (Wildman–Crippen LogP) is -0.861. The molecule has 4 fully saturated rings. The van der Waals surface area contributed by atoms with Crippen LogP contribution in [0.15, 0.2) is 87.4 Å². The second-order valence-corrected chi connectivity index (χ2v) is 19.1. The lowest BCUT2D eigenvalue weighted by molar-refractivity contribution is -0.207. The number of nitrogens with zero attached hydrogens (tertiary/aromatic N) is 4. The minimum absolute atomic E-state index is 0.145. The molecule has 8 heterocycles. The molecule has 0 radical (unpaired) electrons. The maximum absolute atomic E-state index is 14.9. The van der Waals surface area contributed by atoms with E-state index < -0.39 is 158 Å². The van der Waals surface area contributed by atoms with Gasteiger partial charge in [0.2, 0.25) is 34.4 Å². The zero-order valence-corrected chi connectivity index (χ0v) is 44.9. The van der Waals surface area contributed by atoms with Crippen molar-refractivity contribution in [2.75, 3.05) is 22.1 Å². The molecule has 0 saturated carbocycles. The zero-order valence-electron chi connectivity index (χ0n) is 40.6. The quantitative estimate of drug-likeness (QED) is 0.0461. The number of alkyl halides is 10. The lowest BCUT2D eigenvalue weighted by atomic mass is 9.87. The standard InChI is InChI=1S/C12H11F2IN2O3.C12H12F2N2O4.C11H9F2IN2O4.C11H10F2N2O5/c1-3-11(13)7(2)12(14,6-15)20-9(11)17-5-4-8(18)16-10(17)19;1-3-11(13)7(2)12(14,6-17)20-9(11)16-5-4-8(18)15-10(16)19;1-2-10(12)7(18)11(13,5-14)20-8(10)16-4-3-6(17)15-9(16)19;1-2-10(12)7(18)11(13,5-16)20-8(10)15-4-3-6(17)14-9(15)19/h1,4-5,7,9H,6H2,2H3,(H,16,18,19);1,4-5,7,9,17H,6H2,2H3,(H,15,18,19);1,3-4,7-8,18H,5H2,(H,15,17,19);1,3-4,7-8,16,18H,5H2,(H,14,17,19)/t2*7-,9+,11+,12+;2*7-,8+,10+,11+/m0000/s1. The molecule has 4 aromatic rings. The van der Waals surface area contributed by atoms with Crippen LogP contribution in [0.2, 0.25) is 0 Å². The van der Waals surface area contributed by atoms with Gasteiger partial charge in [0.25, 0.3) is 33.9 Å². The lowest BCUT2D eigenvalue weighted by Crippen LogP contribution is -2.48. The van der Waals surface area contributed by atoms with Gasteiger partial charge in [0, 0.05) is 49.1 Å². The second-order valence-electron chi connectivity index (χ2n) is 17.6. The SMILES string of the molecule is C#C[C@]1(F)[C@H](n2ccc(=O)[nH]c2=O)O[C@](F)(CI)[C@H]1C.C#C[C@]1(F)[C@H](n2ccc(=O)[nH]c2=O)O[C@](F)(CI)[C@H]1O.C#C[C@]1(F)[C@H](n2ccc(=O)[nH]c2=O)O[C@](F)(CO)[C@H]1C.C#C[C@]1(F)[C@H](n2ccc(=O)[nH]c2=O)O[C@](F)(CO)[C@H]1O. The Labute approximate surface area is 468 Å². The van der Waals surface area contributed by atoms with E-state index in [2.05, 4.69) is 4.74 Å². The van der Waals surface area contributed by atoms with E-state index in [0.717, 1.165) is 60.5 Å². The molecule has 0 aliphatic carbocycles. The number of terminal acetylenes is 4. The molecule has 24 nitrogen and oxygen atoms in total. The van der Waals surface area contributed by atoms with E-state index in [9.17, 15) is 83.7 Å². The Hall–Kier alpha value is -6.46. The number of aromatic nitrogens is 8. The summed E-state index contributed by atoms with van der Waals surface area (Å²) in [5.74, 6) is -6.86. The van der Waals surface area contributed by atoms with E-state index in [1.165, 1.54) is 12.8 Å². The van der Waals surface area contributed by atoms with Gasteiger partial charge in [-0.25, -0.2) is 54.3 Å². The number of halogens is 10. The van der Waals surface area contributed by atoms with Crippen molar-refractivity contribution in [2.45, 2.75) is 97.1 Å². The minimum Gasteiger partial charge on any atom is -0.390 e. The van der Waals surface area contributed by atoms with Crippen molar-refractivity contribution in [1.29, 1.82) is 0 Å². The summed E-state index contributed by atoms with van der Waals surface area (Å²) in [4.78, 5) is 97.9. The first-order valence-electron chi connectivity index (χ1n) is 22.2. The number of ether oxygens (including phenoxy) is 4. The number of hydrogen-bond donors (Lipinski definition) is 8. The molecule has 80 heavy (non-hydrogen) atoms. The zero-order chi connectivity index (χ0) is 60.5. The molecule has 0 aromatic carbocycles. The van der Waals surface area contributed by atoms with Crippen molar-refractivity contribution >= 4 is 45.2 Å². The van der Waals surface area contributed by atoms with Gasteiger partial charge in [-0.05, 0) is 0 Å². The van der Waals surface area contributed by atoms with E-state index in [1.54, 1.807) is 57.0 Å². The molecule has 4 aromatic heterocycles. The first kappa shape index (κ1) is 64.4. The fourth-order valence-electron chi connectivity index (χ4n) is 8.10. The number of H-pyrrole nitrogens is 4. The van der Waals surface area contributed by atoms with Crippen LogP contribution >= 0.6 is 45.2 Å². The van der Waals surface area contributed by atoms with Gasteiger partial charge in [-0.15, -0.1) is 25.7 Å². The highest BCUT2D eigenvalue weighted by Crippen LogP contribution is 2.53. The fraction of sp³-hybridized carbons (Fsp3) is 0.478. The predicted molar refractivity (Wildman–Crippen MR) is 274 cm³/mol. The topological polar surface area (TPSA) is 337 Å². The first-order valence-corrected chi connectivity index (χ1v) is 25.3. The van der Waals surface area contributed by atoms with E-state index in [4.69, 9.17) is 50.1 Å². The third kappa shape index (κ3) is 11.3. The Morgan fingerprint density at radius 2 is 0.700 bits per heavy atom. The van der Waals surface area contributed by atoms with Crippen LogP contribution in [0.3, 0.4) is 0 Å². The van der Waals surface area contributed by atoms with E-state index in [1.807, 2.05) is 25.9 Å². The van der Waals surface area contributed by atoms with Crippen molar-refractivity contribution in [3.63, 3.8) is 0 Å². The van der Waals surface area contributed by atoms with Gasteiger partial charge in [-0.2, -0.15) is 0 Å². The van der Waals surface area contributed by atoms with Crippen LogP contribution in [0.4, 0.5) is 35.1 Å². The summed E-state index contributed by atoms with van der Waals surface area (Å²) in [6.45, 7) is -0.0612. The molecule has 0 bridgehead atoms. The summed E-state index contributed by atoms with van der Waals surface area (Å²) in [5.41, 5.74) is -18.0. The Morgan fingerprint density at radius 3 is 0.963 bits per heavy atom. The Morgan fingerprint density at radius 1 is 0.463 bits per heavy atom. The summed E-state index contributed by atoms with van der Waals surface area (Å²) in [6.07, 6.45) is 11.9. The first-order chi connectivity index (χ1) is 37.1. The van der Waals surface area contributed by atoms with Crippen LogP contribution in [-0.4, -0.2) is 139 Å². The fourth-order valence-corrected chi connectivity index (χ4v) is 9.54. The number of nitrogens with one attached hydrogen (secondary N) is 4. The van der Waals surface area contributed by atoms with E-state index in [-0.39, 0.29) is 4.43 Å². The number of hydrogen-bond acceptors (Lipinski definition) is 16. The second kappa shape index (κ2) is 23.6. The van der Waals surface area contributed by atoms with Crippen molar-refractivity contribution in [2.24, 2.45) is 11.8 Å². The third-order valence-corrected chi connectivity index (χ3v) is 15.0. The van der Waals surface area contributed by atoms with Crippen LogP contribution in [0.1, 0.15) is 38.8 Å². The smallest absolute Gasteiger partial charge is 0.330 e. The Bertz CT molecular complexity index is 3200. The average molecular weight is 1370 g/mol. The van der Waals surface area contributed by atoms with Gasteiger partial charge in [0.1, 0.15) is 13.2 Å². The molecule has 16 atom stereocenters. The molecule has 432 valence electrons. The van der Waals surface area contributed by atoms with Crippen LogP contribution in [-0.2, 0) is 18.9 Å². The van der Waals surface area contributed by atoms with Crippen molar-refractivity contribution < 1.29 is 74.5 Å². The van der Waals surface area contributed by atoms with Crippen molar-refractivity contribution in [3.05, 3.63) is 132 Å². The van der Waals surface area contributed by atoms with Gasteiger partial charge < -0.3 is 39.4 Å². The van der Waals surface area contributed by atoms with E-state index >= 15 is 0 Å². The summed E-state index contributed by atoms with van der Waals surface area (Å²) >= 11 is 3.27. The molecule has 4 saturated heterocycles. The summed E-state index contributed by atoms with van der Waals surface area (Å²) < 4.78 is 137. The monoisotopic (exact) mass is 1370 g/mol. The highest BCUT2D eigenvalue weighted by molar-refractivity contribution is 14.1. The average Bonchev–Trinajstić information content (AvgIpc) is 3.94. The molecule has 0 amide bonds. The van der Waals surface area contributed by atoms with Gasteiger partial charge in [0.05, 0.1) is 20.7 Å². The third-order valence-electron chi connectivity index (χ3n) is 12.9. The largest absolute Gasteiger partial charge is 0.390 e. The number of aliphatic hydroxyl groups excluding tert-OH is 4. The number of rotatable bonds is 8. The van der Waals surface area contributed by atoms with Gasteiger partial charge >= 0.3 is 22.8 Å². The van der Waals surface area contributed by atoms with Gasteiger partial charge in [0.15, 0.2) is 37.1 Å². The van der Waals surface area contributed by atoms with E-state index in [0.29, 0.717) is 13.7 Å². The maximum Gasteiger partial charge on any atom is 0.330 e. The van der Waals surface area contributed by atoms with Crippen LogP contribution < -0.4 is 45.0 Å². The Balaban J connectivity index is 0.000000196. The van der Waals surface area contributed by atoms with Crippen LogP contribution in [0.5, 0.6) is 0 Å². The summed E-state index contributed by atoms with van der Waals surface area (Å²) in [6, 6.07) is 3.75. The molecule has 4 aliphatic rings. The minimum atomic E-state index is -3.17. The molecule has 0 spiro atoms. The highest BCUT2D eigenvalue weighted by atomic mass is 127. The molecular formula is C46H42F8I2N8O16. The number of aromatic amines is 4. The van der Waals surface area contributed by atoms with Gasteiger partial charge in [-0.3, -0.25) is 57.4 Å².